The zero-order valence-corrected chi connectivity index (χ0v) is 16.0. The van der Waals surface area contributed by atoms with Gasteiger partial charge in [0.2, 0.25) is 0 Å². The van der Waals surface area contributed by atoms with Crippen molar-refractivity contribution in [2.75, 3.05) is 33.3 Å². The Morgan fingerprint density at radius 1 is 1.33 bits per heavy atom. The Kier molecular flexibility index (Phi) is 4.97. The lowest BCUT2D eigenvalue weighted by Gasteiger charge is -2.58. The van der Waals surface area contributed by atoms with Crippen molar-refractivity contribution in [3.05, 3.63) is 48.0 Å². The van der Waals surface area contributed by atoms with E-state index in [1.807, 2.05) is 30.1 Å². The molecular weight excluding hydrogens is 342 g/mol. The molecule has 0 aromatic carbocycles. The first-order chi connectivity index (χ1) is 13.1. The van der Waals surface area contributed by atoms with Gasteiger partial charge in [0.1, 0.15) is 0 Å². The number of pyridine rings is 1. The number of hydrogen-bond acceptors (Lipinski definition) is 5. The highest BCUT2D eigenvalue weighted by Gasteiger charge is 2.51. The molecule has 0 saturated carbocycles. The zero-order valence-electron chi connectivity index (χ0n) is 16.0. The fourth-order valence-electron chi connectivity index (χ4n) is 4.26. The second-order valence-corrected chi connectivity index (χ2v) is 7.90. The molecule has 4 heterocycles. The summed E-state index contributed by atoms with van der Waals surface area (Å²) in [6.07, 6.45) is 7.43. The zero-order chi connectivity index (χ0) is 18.9. The Morgan fingerprint density at radius 2 is 2.19 bits per heavy atom. The maximum absolute atomic E-state index is 12.6. The Labute approximate surface area is 159 Å². The van der Waals surface area contributed by atoms with Gasteiger partial charge in [0.25, 0.3) is 5.91 Å². The number of aromatic nitrogens is 3. The van der Waals surface area contributed by atoms with Gasteiger partial charge in [0.05, 0.1) is 36.2 Å². The molecule has 0 bridgehead atoms. The average molecular weight is 369 g/mol. The topological polar surface area (TPSA) is 63.5 Å². The van der Waals surface area contributed by atoms with E-state index in [4.69, 9.17) is 4.74 Å². The SMILES string of the molecule is CN1CCC(COCc2ccccn2)CC12CN(C(=O)c1cnn(C)c1)C2. The van der Waals surface area contributed by atoms with Gasteiger partial charge in [-0.05, 0) is 44.5 Å². The molecule has 1 spiro atoms. The van der Waals surface area contributed by atoms with Crippen LogP contribution in [0.25, 0.3) is 0 Å². The van der Waals surface area contributed by atoms with Crippen LogP contribution >= 0.6 is 0 Å². The molecule has 2 aromatic heterocycles. The van der Waals surface area contributed by atoms with E-state index in [1.54, 1.807) is 23.3 Å². The van der Waals surface area contributed by atoms with Crippen LogP contribution in [0.15, 0.2) is 36.8 Å². The number of nitrogens with zero attached hydrogens (tertiary/aromatic N) is 5. The van der Waals surface area contributed by atoms with Gasteiger partial charge in [-0.15, -0.1) is 0 Å². The number of carbonyl (C=O) groups is 1. The maximum Gasteiger partial charge on any atom is 0.257 e. The van der Waals surface area contributed by atoms with E-state index in [-0.39, 0.29) is 11.4 Å². The lowest BCUT2D eigenvalue weighted by molar-refractivity contribution is -0.0769. The van der Waals surface area contributed by atoms with Crippen LogP contribution in [0.2, 0.25) is 0 Å². The number of hydrogen-bond donors (Lipinski definition) is 0. The molecule has 0 N–H and O–H groups in total. The quantitative estimate of drug-likeness (QED) is 0.801. The van der Waals surface area contributed by atoms with Crippen LogP contribution in [0.4, 0.5) is 0 Å². The maximum atomic E-state index is 12.6. The predicted molar refractivity (Wildman–Crippen MR) is 101 cm³/mol. The number of aryl methyl sites for hydroxylation is 1. The normalized spacial score (nSPS) is 22.0. The molecule has 1 amide bonds. The lowest BCUT2D eigenvalue weighted by atomic mass is 9.75. The summed E-state index contributed by atoms with van der Waals surface area (Å²) < 4.78 is 7.60. The molecule has 2 saturated heterocycles. The Bertz CT molecular complexity index is 785. The summed E-state index contributed by atoms with van der Waals surface area (Å²) in [5.41, 5.74) is 1.73. The van der Waals surface area contributed by atoms with Gasteiger partial charge in [0.15, 0.2) is 0 Å². The molecule has 0 aliphatic carbocycles. The molecule has 4 rings (SSSR count). The second-order valence-electron chi connectivity index (χ2n) is 7.90. The Hall–Kier alpha value is -2.25. The summed E-state index contributed by atoms with van der Waals surface area (Å²) in [7, 11) is 4.01. The van der Waals surface area contributed by atoms with Crippen molar-refractivity contribution in [3.8, 4) is 0 Å². The van der Waals surface area contributed by atoms with E-state index in [0.29, 0.717) is 18.1 Å². The molecule has 2 aromatic rings. The molecule has 1 unspecified atom stereocenters. The predicted octanol–water partition coefficient (Wildman–Crippen LogP) is 1.57. The third-order valence-electron chi connectivity index (χ3n) is 5.89. The van der Waals surface area contributed by atoms with E-state index < -0.39 is 0 Å². The monoisotopic (exact) mass is 369 g/mol. The third kappa shape index (κ3) is 3.75. The van der Waals surface area contributed by atoms with Crippen molar-refractivity contribution in [2.45, 2.75) is 25.0 Å². The highest BCUT2D eigenvalue weighted by Crippen LogP contribution is 2.38. The third-order valence-corrected chi connectivity index (χ3v) is 5.89. The standard InChI is InChI=1S/C20H27N5O2/c1-23-8-6-16(12-27-13-18-5-3-4-7-21-18)9-20(23)14-25(15-20)19(26)17-10-22-24(2)11-17/h3-5,7,10-11,16H,6,8-9,12-15H2,1-2H3. The van der Waals surface area contributed by atoms with Gasteiger partial charge in [-0.2, -0.15) is 5.10 Å². The van der Waals surface area contributed by atoms with Crippen LogP contribution in [0.1, 0.15) is 28.9 Å². The molecule has 27 heavy (non-hydrogen) atoms. The first kappa shape index (κ1) is 18.1. The van der Waals surface area contributed by atoms with E-state index in [9.17, 15) is 4.79 Å². The first-order valence-corrected chi connectivity index (χ1v) is 9.52. The number of amides is 1. The first-order valence-electron chi connectivity index (χ1n) is 9.52. The summed E-state index contributed by atoms with van der Waals surface area (Å²) in [5, 5.41) is 4.11. The molecule has 0 radical (unpaired) electrons. The van der Waals surface area contributed by atoms with Crippen molar-refractivity contribution in [1.82, 2.24) is 24.6 Å². The smallest absolute Gasteiger partial charge is 0.257 e. The number of ether oxygens (including phenoxy) is 1. The summed E-state index contributed by atoms with van der Waals surface area (Å²) in [4.78, 5) is 21.3. The summed E-state index contributed by atoms with van der Waals surface area (Å²) in [5.74, 6) is 0.608. The fourth-order valence-corrected chi connectivity index (χ4v) is 4.26. The van der Waals surface area contributed by atoms with Crippen LogP contribution in [-0.2, 0) is 18.4 Å². The highest BCUT2D eigenvalue weighted by molar-refractivity contribution is 5.94. The Morgan fingerprint density at radius 3 is 2.89 bits per heavy atom. The van der Waals surface area contributed by atoms with Crippen LogP contribution in [0.5, 0.6) is 0 Å². The van der Waals surface area contributed by atoms with Gasteiger partial charge >= 0.3 is 0 Å². The minimum atomic E-state index is 0.0793. The van der Waals surface area contributed by atoms with Crippen LogP contribution < -0.4 is 0 Å². The van der Waals surface area contributed by atoms with Gasteiger partial charge < -0.3 is 9.64 Å². The summed E-state index contributed by atoms with van der Waals surface area (Å²) in [6, 6.07) is 5.89. The van der Waals surface area contributed by atoms with Gasteiger partial charge in [0, 0.05) is 32.5 Å². The van der Waals surface area contributed by atoms with Crippen molar-refractivity contribution in [3.63, 3.8) is 0 Å². The fraction of sp³-hybridized carbons (Fsp3) is 0.550. The van der Waals surface area contributed by atoms with E-state index >= 15 is 0 Å². The van der Waals surface area contributed by atoms with Crippen LogP contribution in [0.3, 0.4) is 0 Å². The van der Waals surface area contributed by atoms with Crippen molar-refractivity contribution < 1.29 is 9.53 Å². The van der Waals surface area contributed by atoms with Crippen molar-refractivity contribution in [1.29, 1.82) is 0 Å². The number of carbonyl (C=O) groups excluding carboxylic acids is 1. The lowest BCUT2D eigenvalue weighted by Crippen LogP contribution is -2.72. The molecular formula is C20H27N5O2. The molecule has 7 nitrogen and oxygen atoms in total. The molecule has 2 aliphatic rings. The molecule has 7 heteroatoms. The largest absolute Gasteiger partial charge is 0.375 e. The Balaban J connectivity index is 1.30. The molecule has 2 aliphatic heterocycles. The molecule has 144 valence electrons. The molecule has 1 atom stereocenters. The number of likely N-dealkylation sites (N-methyl/N-ethyl adjacent to an activating group) is 1. The van der Waals surface area contributed by atoms with E-state index in [0.717, 1.165) is 44.8 Å². The number of piperidine rings is 1. The van der Waals surface area contributed by atoms with Crippen molar-refractivity contribution >= 4 is 5.91 Å². The number of likely N-dealkylation sites (tertiary alicyclic amines) is 2. The summed E-state index contributed by atoms with van der Waals surface area (Å²) in [6.45, 7) is 3.93. The highest BCUT2D eigenvalue weighted by atomic mass is 16.5. The minimum absolute atomic E-state index is 0.0793. The number of rotatable bonds is 5. The summed E-state index contributed by atoms with van der Waals surface area (Å²) >= 11 is 0. The minimum Gasteiger partial charge on any atom is -0.375 e. The average Bonchev–Trinajstić information content (AvgIpc) is 3.08. The van der Waals surface area contributed by atoms with E-state index in [1.165, 1.54) is 0 Å². The van der Waals surface area contributed by atoms with Gasteiger partial charge in [-0.3, -0.25) is 19.4 Å². The molecule has 2 fully saturated rings. The van der Waals surface area contributed by atoms with E-state index in [2.05, 4.69) is 22.0 Å². The van der Waals surface area contributed by atoms with Crippen molar-refractivity contribution in [2.24, 2.45) is 13.0 Å². The van der Waals surface area contributed by atoms with Crippen LogP contribution in [0, 0.1) is 5.92 Å². The van der Waals surface area contributed by atoms with Gasteiger partial charge in [-0.1, -0.05) is 6.07 Å². The van der Waals surface area contributed by atoms with Gasteiger partial charge in [-0.25, -0.2) is 0 Å². The van der Waals surface area contributed by atoms with Crippen LogP contribution in [-0.4, -0.2) is 69.3 Å². The second kappa shape index (κ2) is 7.40.